The van der Waals surface area contributed by atoms with E-state index in [0.29, 0.717) is 10.1 Å². The molecule has 0 radical (unpaired) electrons. The molecule has 27 heavy (non-hydrogen) atoms. The quantitative estimate of drug-likeness (QED) is 0.579. The molecule has 1 fully saturated rings. The standard InChI is InChI=1S/C22H17ClN2OS/c23-18-8-12-20(13-9-18)25-21(26)15-24(22(25)27)19-10-6-17(7-11-19)14-16-4-2-1-3-5-16/h1-13H,14-15H2. The first-order valence-electron chi connectivity index (χ1n) is 8.65. The number of carbonyl (C=O) groups is 1. The minimum Gasteiger partial charge on any atom is -0.309 e. The maximum Gasteiger partial charge on any atom is 0.253 e. The fourth-order valence-corrected chi connectivity index (χ4v) is 3.68. The number of amides is 1. The molecule has 134 valence electrons. The van der Waals surface area contributed by atoms with Gasteiger partial charge in [0, 0.05) is 10.7 Å². The second-order valence-electron chi connectivity index (χ2n) is 6.40. The van der Waals surface area contributed by atoms with Crippen molar-refractivity contribution in [1.82, 2.24) is 0 Å². The molecular formula is C22H17ClN2OS. The molecule has 0 unspecified atom stereocenters. The summed E-state index contributed by atoms with van der Waals surface area (Å²) in [5.41, 5.74) is 4.14. The molecule has 0 atom stereocenters. The lowest BCUT2D eigenvalue weighted by Gasteiger charge is -2.20. The third-order valence-electron chi connectivity index (χ3n) is 4.55. The highest BCUT2D eigenvalue weighted by molar-refractivity contribution is 7.81. The number of hydrogen-bond acceptors (Lipinski definition) is 2. The fraction of sp³-hybridized carbons (Fsp3) is 0.0909. The Hall–Kier alpha value is -2.69. The monoisotopic (exact) mass is 392 g/mol. The molecule has 0 spiro atoms. The van der Waals surface area contributed by atoms with Crippen molar-refractivity contribution in [2.45, 2.75) is 6.42 Å². The van der Waals surface area contributed by atoms with Gasteiger partial charge in [-0.1, -0.05) is 54.1 Å². The zero-order valence-corrected chi connectivity index (χ0v) is 16.1. The van der Waals surface area contributed by atoms with Gasteiger partial charge in [0.25, 0.3) is 5.91 Å². The molecule has 1 aliphatic rings. The van der Waals surface area contributed by atoms with Gasteiger partial charge in [0.2, 0.25) is 0 Å². The molecule has 1 aliphatic heterocycles. The summed E-state index contributed by atoms with van der Waals surface area (Å²) in [5.74, 6) is -0.0457. The van der Waals surface area contributed by atoms with Crippen molar-refractivity contribution >= 4 is 46.2 Å². The molecule has 0 aliphatic carbocycles. The second-order valence-corrected chi connectivity index (χ2v) is 7.20. The summed E-state index contributed by atoms with van der Waals surface area (Å²) in [5, 5.41) is 1.11. The van der Waals surface area contributed by atoms with Gasteiger partial charge in [-0.2, -0.15) is 0 Å². The molecule has 4 rings (SSSR count). The first kappa shape index (κ1) is 17.7. The molecule has 1 amide bonds. The van der Waals surface area contributed by atoms with Crippen LogP contribution in [0.3, 0.4) is 0 Å². The summed E-state index contributed by atoms with van der Waals surface area (Å²) in [6.45, 7) is 0.236. The average Bonchev–Trinajstić information content (AvgIpc) is 2.98. The lowest BCUT2D eigenvalue weighted by atomic mass is 10.0. The first-order valence-corrected chi connectivity index (χ1v) is 9.43. The van der Waals surface area contributed by atoms with E-state index in [0.717, 1.165) is 17.8 Å². The van der Waals surface area contributed by atoms with Gasteiger partial charge in [-0.25, -0.2) is 0 Å². The molecule has 3 aromatic carbocycles. The number of anilines is 2. The molecule has 0 saturated carbocycles. The van der Waals surface area contributed by atoms with Gasteiger partial charge < -0.3 is 4.90 Å². The third-order valence-corrected chi connectivity index (χ3v) is 5.20. The van der Waals surface area contributed by atoms with E-state index in [1.165, 1.54) is 11.1 Å². The summed E-state index contributed by atoms with van der Waals surface area (Å²) >= 11 is 11.5. The van der Waals surface area contributed by atoms with Crippen molar-refractivity contribution in [3.05, 3.63) is 95.0 Å². The van der Waals surface area contributed by atoms with Gasteiger partial charge in [-0.15, -0.1) is 0 Å². The van der Waals surface area contributed by atoms with Crippen molar-refractivity contribution in [3.8, 4) is 0 Å². The Balaban J connectivity index is 1.52. The highest BCUT2D eigenvalue weighted by Crippen LogP contribution is 2.27. The highest BCUT2D eigenvalue weighted by atomic mass is 35.5. The summed E-state index contributed by atoms with van der Waals surface area (Å²) in [6, 6.07) is 25.7. The van der Waals surface area contributed by atoms with Crippen LogP contribution in [0, 0.1) is 0 Å². The summed E-state index contributed by atoms with van der Waals surface area (Å²) in [7, 11) is 0. The predicted molar refractivity (Wildman–Crippen MR) is 115 cm³/mol. The largest absolute Gasteiger partial charge is 0.309 e. The average molecular weight is 393 g/mol. The summed E-state index contributed by atoms with van der Waals surface area (Å²) in [4.78, 5) is 15.9. The summed E-state index contributed by atoms with van der Waals surface area (Å²) < 4.78 is 0. The van der Waals surface area contributed by atoms with Gasteiger partial charge in [0.15, 0.2) is 5.11 Å². The maximum atomic E-state index is 12.5. The zero-order valence-electron chi connectivity index (χ0n) is 14.5. The topological polar surface area (TPSA) is 23.6 Å². The van der Waals surface area contributed by atoms with Crippen molar-refractivity contribution in [2.75, 3.05) is 16.3 Å². The van der Waals surface area contributed by atoms with E-state index < -0.39 is 0 Å². The second kappa shape index (κ2) is 7.51. The van der Waals surface area contributed by atoms with Gasteiger partial charge in [0.05, 0.1) is 5.69 Å². The molecule has 1 saturated heterocycles. The van der Waals surface area contributed by atoms with Crippen LogP contribution in [0.5, 0.6) is 0 Å². The number of nitrogens with zero attached hydrogens (tertiary/aromatic N) is 2. The number of benzene rings is 3. The number of rotatable bonds is 4. The molecule has 1 heterocycles. The molecule has 0 aromatic heterocycles. The number of halogens is 1. The zero-order chi connectivity index (χ0) is 18.8. The van der Waals surface area contributed by atoms with E-state index in [1.54, 1.807) is 29.2 Å². The number of hydrogen-bond donors (Lipinski definition) is 0. The van der Waals surface area contributed by atoms with Gasteiger partial charge in [-0.05, 0) is 66.2 Å². The van der Waals surface area contributed by atoms with E-state index in [-0.39, 0.29) is 12.5 Å². The van der Waals surface area contributed by atoms with E-state index in [4.69, 9.17) is 23.8 Å². The lowest BCUT2D eigenvalue weighted by molar-refractivity contribution is -0.115. The van der Waals surface area contributed by atoms with Crippen LogP contribution in [0.4, 0.5) is 11.4 Å². The molecule has 3 aromatic rings. The predicted octanol–water partition coefficient (Wildman–Crippen LogP) is 5.07. The van der Waals surface area contributed by atoms with E-state index in [2.05, 4.69) is 24.3 Å². The van der Waals surface area contributed by atoms with Crippen LogP contribution in [0.1, 0.15) is 11.1 Å². The Morgan fingerprint density at radius 2 is 1.41 bits per heavy atom. The normalized spacial score (nSPS) is 14.1. The molecular weight excluding hydrogens is 376 g/mol. The highest BCUT2D eigenvalue weighted by Gasteiger charge is 2.34. The Morgan fingerprint density at radius 1 is 0.815 bits per heavy atom. The maximum absolute atomic E-state index is 12.5. The van der Waals surface area contributed by atoms with Crippen LogP contribution in [0.2, 0.25) is 5.02 Å². The molecule has 3 nitrogen and oxygen atoms in total. The van der Waals surface area contributed by atoms with Gasteiger partial charge >= 0.3 is 0 Å². The lowest BCUT2D eigenvalue weighted by Crippen LogP contribution is -2.32. The fourth-order valence-electron chi connectivity index (χ4n) is 3.17. The SMILES string of the molecule is O=C1CN(c2ccc(Cc3ccccc3)cc2)C(=S)N1c1ccc(Cl)cc1. The van der Waals surface area contributed by atoms with Crippen molar-refractivity contribution < 1.29 is 4.79 Å². The Labute approximate surface area is 168 Å². The third kappa shape index (κ3) is 3.72. The van der Waals surface area contributed by atoms with E-state index in [9.17, 15) is 4.79 Å². The van der Waals surface area contributed by atoms with Crippen LogP contribution in [0.15, 0.2) is 78.9 Å². The molecule has 5 heteroatoms. The van der Waals surface area contributed by atoms with Gasteiger partial charge in [0.1, 0.15) is 6.54 Å². The summed E-state index contributed by atoms with van der Waals surface area (Å²) in [6.07, 6.45) is 0.876. The van der Waals surface area contributed by atoms with E-state index >= 15 is 0 Å². The van der Waals surface area contributed by atoms with Crippen LogP contribution < -0.4 is 9.80 Å². The Morgan fingerprint density at radius 3 is 2.07 bits per heavy atom. The van der Waals surface area contributed by atoms with Crippen LogP contribution in [-0.2, 0) is 11.2 Å². The minimum absolute atomic E-state index is 0.0457. The Kier molecular flexibility index (Phi) is 4.92. The number of carbonyl (C=O) groups excluding carboxylic acids is 1. The minimum atomic E-state index is -0.0457. The van der Waals surface area contributed by atoms with Crippen molar-refractivity contribution in [2.24, 2.45) is 0 Å². The van der Waals surface area contributed by atoms with Crippen molar-refractivity contribution in [3.63, 3.8) is 0 Å². The Bertz CT molecular complexity index is 971. The van der Waals surface area contributed by atoms with Crippen LogP contribution >= 0.6 is 23.8 Å². The van der Waals surface area contributed by atoms with Crippen LogP contribution in [0.25, 0.3) is 0 Å². The van der Waals surface area contributed by atoms with Gasteiger partial charge in [-0.3, -0.25) is 9.69 Å². The smallest absolute Gasteiger partial charge is 0.253 e. The first-order chi connectivity index (χ1) is 13.1. The van der Waals surface area contributed by atoms with E-state index in [1.807, 2.05) is 35.2 Å². The van der Waals surface area contributed by atoms with Crippen LogP contribution in [-0.4, -0.2) is 17.6 Å². The molecule has 0 N–H and O–H groups in total. The number of thiocarbonyl (C=S) groups is 1. The molecule has 0 bridgehead atoms. The van der Waals surface area contributed by atoms with Crippen molar-refractivity contribution in [1.29, 1.82) is 0 Å².